The maximum Gasteiger partial charge on any atom is 0.337 e. The van der Waals surface area contributed by atoms with Crippen molar-refractivity contribution < 1.29 is 19.0 Å². The number of hydrogen-bond acceptors (Lipinski definition) is 5. The Morgan fingerprint density at radius 1 is 1.09 bits per heavy atom. The van der Waals surface area contributed by atoms with Crippen molar-refractivity contribution in [2.24, 2.45) is 0 Å². The lowest BCUT2D eigenvalue weighted by molar-refractivity contribution is 0.0600. The monoisotopic (exact) mass is 301 g/mol. The van der Waals surface area contributed by atoms with Crippen molar-refractivity contribution >= 4 is 5.97 Å². The first-order valence-electron chi connectivity index (χ1n) is 7.02. The van der Waals surface area contributed by atoms with E-state index in [1.807, 2.05) is 12.1 Å². The number of aromatic nitrogens is 1. The van der Waals surface area contributed by atoms with E-state index in [0.29, 0.717) is 23.7 Å². The molecule has 0 amide bonds. The van der Waals surface area contributed by atoms with Crippen molar-refractivity contribution in [2.75, 3.05) is 20.8 Å². The van der Waals surface area contributed by atoms with Gasteiger partial charge in [0.15, 0.2) is 11.5 Å². The van der Waals surface area contributed by atoms with Gasteiger partial charge in [-0.1, -0.05) is 0 Å². The van der Waals surface area contributed by atoms with Gasteiger partial charge in [0.2, 0.25) is 0 Å². The molecule has 0 atom stereocenters. The second kappa shape index (κ2) is 8.02. The number of carbonyl (C=O) groups excluding carboxylic acids is 1. The van der Waals surface area contributed by atoms with E-state index in [9.17, 15) is 4.79 Å². The Kier molecular flexibility index (Phi) is 5.77. The minimum absolute atomic E-state index is 0.399. The van der Waals surface area contributed by atoms with Gasteiger partial charge in [-0.15, -0.1) is 0 Å². The molecular weight excluding hydrogens is 282 g/mol. The summed E-state index contributed by atoms with van der Waals surface area (Å²) in [6.45, 7) is 0.531. The molecule has 1 aromatic carbocycles. The summed E-state index contributed by atoms with van der Waals surface area (Å²) in [7, 11) is 2.92. The average molecular weight is 301 g/mol. The minimum atomic E-state index is -0.399. The standard InChI is InChI=1S/C17H19NO4/c1-20-15-6-5-14(17(19)21-2)12-16(15)22-11-3-4-13-7-9-18-10-8-13/h5-10,12H,3-4,11H2,1-2H3. The van der Waals surface area contributed by atoms with Crippen molar-refractivity contribution in [1.29, 1.82) is 0 Å². The number of ether oxygens (including phenoxy) is 3. The third kappa shape index (κ3) is 4.22. The fraction of sp³-hybridized carbons (Fsp3) is 0.294. The highest BCUT2D eigenvalue weighted by Crippen LogP contribution is 2.28. The summed E-state index contributed by atoms with van der Waals surface area (Å²) in [6, 6.07) is 8.95. The van der Waals surface area contributed by atoms with Crippen molar-refractivity contribution in [3.63, 3.8) is 0 Å². The van der Waals surface area contributed by atoms with E-state index in [0.717, 1.165) is 12.8 Å². The largest absolute Gasteiger partial charge is 0.493 e. The first-order chi connectivity index (χ1) is 10.7. The summed E-state index contributed by atoms with van der Waals surface area (Å²) in [4.78, 5) is 15.5. The van der Waals surface area contributed by atoms with Crippen LogP contribution in [0.3, 0.4) is 0 Å². The lowest BCUT2D eigenvalue weighted by Crippen LogP contribution is -2.05. The number of methoxy groups -OCH3 is 2. The van der Waals surface area contributed by atoms with Crippen LogP contribution in [0.2, 0.25) is 0 Å². The Labute approximate surface area is 129 Å². The van der Waals surface area contributed by atoms with Crippen LogP contribution in [0.4, 0.5) is 0 Å². The number of carbonyl (C=O) groups is 1. The third-order valence-corrected chi connectivity index (χ3v) is 3.20. The molecule has 0 aliphatic rings. The summed E-state index contributed by atoms with van der Waals surface area (Å²) < 4.78 is 15.7. The number of nitrogens with zero attached hydrogens (tertiary/aromatic N) is 1. The van der Waals surface area contributed by atoms with Crippen molar-refractivity contribution in [1.82, 2.24) is 4.98 Å². The lowest BCUT2D eigenvalue weighted by Gasteiger charge is -2.11. The molecule has 2 aromatic rings. The number of esters is 1. The smallest absolute Gasteiger partial charge is 0.337 e. The predicted octanol–water partition coefficient (Wildman–Crippen LogP) is 2.89. The van der Waals surface area contributed by atoms with Crippen molar-refractivity contribution in [3.05, 3.63) is 53.9 Å². The van der Waals surface area contributed by atoms with Crippen LogP contribution < -0.4 is 9.47 Å². The van der Waals surface area contributed by atoms with Crippen LogP contribution in [0.15, 0.2) is 42.7 Å². The molecule has 0 saturated heterocycles. The van der Waals surface area contributed by atoms with E-state index in [2.05, 4.69) is 4.98 Å². The highest BCUT2D eigenvalue weighted by Gasteiger charge is 2.11. The number of hydrogen-bond donors (Lipinski definition) is 0. The molecule has 0 N–H and O–H groups in total. The van der Waals surface area contributed by atoms with E-state index in [-0.39, 0.29) is 0 Å². The normalized spacial score (nSPS) is 10.1. The topological polar surface area (TPSA) is 57.7 Å². The number of pyridine rings is 1. The quantitative estimate of drug-likeness (QED) is 0.581. The summed E-state index contributed by atoms with van der Waals surface area (Å²) in [6.07, 6.45) is 5.31. The van der Waals surface area contributed by atoms with Gasteiger partial charge >= 0.3 is 5.97 Å². The van der Waals surface area contributed by atoms with Gasteiger partial charge in [0.1, 0.15) is 0 Å². The molecule has 22 heavy (non-hydrogen) atoms. The molecule has 0 unspecified atom stereocenters. The zero-order valence-electron chi connectivity index (χ0n) is 12.7. The number of benzene rings is 1. The number of aryl methyl sites for hydroxylation is 1. The van der Waals surface area contributed by atoms with Gasteiger partial charge in [-0.2, -0.15) is 0 Å². The fourth-order valence-electron chi connectivity index (χ4n) is 2.04. The van der Waals surface area contributed by atoms with Gasteiger partial charge in [-0.3, -0.25) is 4.98 Å². The van der Waals surface area contributed by atoms with Crippen LogP contribution in [-0.2, 0) is 11.2 Å². The molecule has 5 heteroatoms. The van der Waals surface area contributed by atoms with E-state index in [4.69, 9.17) is 14.2 Å². The van der Waals surface area contributed by atoms with Crippen LogP contribution >= 0.6 is 0 Å². The zero-order valence-corrected chi connectivity index (χ0v) is 12.7. The van der Waals surface area contributed by atoms with Gasteiger partial charge in [0.05, 0.1) is 26.4 Å². The van der Waals surface area contributed by atoms with Crippen LogP contribution in [-0.4, -0.2) is 31.8 Å². The molecule has 5 nitrogen and oxygen atoms in total. The van der Waals surface area contributed by atoms with E-state index < -0.39 is 5.97 Å². The summed E-state index contributed by atoms with van der Waals surface area (Å²) in [5.74, 6) is 0.737. The molecule has 2 rings (SSSR count). The molecular formula is C17H19NO4. The van der Waals surface area contributed by atoms with Gasteiger partial charge in [0, 0.05) is 12.4 Å². The molecule has 0 bridgehead atoms. The lowest BCUT2D eigenvalue weighted by atomic mass is 10.1. The van der Waals surface area contributed by atoms with Crippen LogP contribution in [0, 0.1) is 0 Å². The Hall–Kier alpha value is -2.56. The highest BCUT2D eigenvalue weighted by atomic mass is 16.5. The summed E-state index contributed by atoms with van der Waals surface area (Å²) >= 11 is 0. The Morgan fingerprint density at radius 3 is 2.55 bits per heavy atom. The SMILES string of the molecule is COC(=O)c1ccc(OC)c(OCCCc2ccncc2)c1. The van der Waals surface area contributed by atoms with Gasteiger partial charge in [-0.05, 0) is 48.7 Å². The van der Waals surface area contributed by atoms with E-state index in [1.54, 1.807) is 37.7 Å². The van der Waals surface area contributed by atoms with Gasteiger partial charge in [0.25, 0.3) is 0 Å². The van der Waals surface area contributed by atoms with Crippen LogP contribution in [0.5, 0.6) is 11.5 Å². The molecule has 0 aliphatic heterocycles. The molecule has 0 aliphatic carbocycles. The Balaban J connectivity index is 1.94. The second-order valence-corrected chi connectivity index (χ2v) is 4.66. The Morgan fingerprint density at radius 2 is 1.86 bits per heavy atom. The molecule has 116 valence electrons. The molecule has 0 saturated carbocycles. The zero-order chi connectivity index (χ0) is 15.8. The second-order valence-electron chi connectivity index (χ2n) is 4.66. The average Bonchev–Trinajstić information content (AvgIpc) is 2.58. The van der Waals surface area contributed by atoms with E-state index >= 15 is 0 Å². The van der Waals surface area contributed by atoms with Crippen LogP contribution in [0.25, 0.3) is 0 Å². The third-order valence-electron chi connectivity index (χ3n) is 3.20. The predicted molar refractivity (Wildman–Crippen MR) is 82.4 cm³/mol. The first kappa shape index (κ1) is 15.8. The van der Waals surface area contributed by atoms with Crippen molar-refractivity contribution in [3.8, 4) is 11.5 Å². The van der Waals surface area contributed by atoms with Crippen LogP contribution in [0.1, 0.15) is 22.3 Å². The number of rotatable bonds is 7. The minimum Gasteiger partial charge on any atom is -0.493 e. The molecule has 0 fully saturated rings. The van der Waals surface area contributed by atoms with Gasteiger partial charge in [-0.25, -0.2) is 4.79 Å². The first-order valence-corrected chi connectivity index (χ1v) is 7.02. The summed E-state index contributed by atoms with van der Waals surface area (Å²) in [5.41, 5.74) is 1.65. The molecule has 1 heterocycles. The van der Waals surface area contributed by atoms with E-state index in [1.165, 1.54) is 12.7 Å². The van der Waals surface area contributed by atoms with Crippen molar-refractivity contribution in [2.45, 2.75) is 12.8 Å². The maximum absolute atomic E-state index is 11.6. The molecule has 0 spiro atoms. The Bertz CT molecular complexity index is 613. The fourth-order valence-corrected chi connectivity index (χ4v) is 2.04. The maximum atomic E-state index is 11.6. The molecule has 1 aromatic heterocycles. The van der Waals surface area contributed by atoms with Gasteiger partial charge < -0.3 is 14.2 Å². The highest BCUT2D eigenvalue weighted by molar-refractivity contribution is 5.90. The molecule has 0 radical (unpaired) electrons. The summed E-state index contributed by atoms with van der Waals surface area (Å²) in [5, 5.41) is 0.